The Balaban J connectivity index is 2.26. The van der Waals surface area contributed by atoms with Gasteiger partial charge in [-0.3, -0.25) is 4.72 Å². The second-order valence-electron chi connectivity index (χ2n) is 4.24. The minimum atomic E-state index is -3.71. The lowest BCUT2D eigenvalue weighted by atomic mass is 10.2. The molecule has 0 aromatic heterocycles. The van der Waals surface area contributed by atoms with E-state index in [0.717, 1.165) is 0 Å². The minimum Gasteiger partial charge on any atom is -0.494 e. The van der Waals surface area contributed by atoms with Crippen LogP contribution in [0.4, 0.5) is 11.4 Å². The molecule has 5 nitrogen and oxygen atoms in total. The average molecular weight is 327 g/mol. The minimum absolute atomic E-state index is 0.111. The molecule has 0 atom stereocenters. The molecule has 0 amide bonds. The van der Waals surface area contributed by atoms with Gasteiger partial charge in [0.05, 0.1) is 22.9 Å². The second-order valence-corrected chi connectivity index (χ2v) is 6.36. The number of rotatable bonds is 5. The van der Waals surface area contributed by atoms with Crippen molar-refractivity contribution in [2.24, 2.45) is 0 Å². The van der Waals surface area contributed by atoms with Crippen molar-refractivity contribution in [1.29, 1.82) is 0 Å². The molecule has 21 heavy (non-hydrogen) atoms. The van der Waals surface area contributed by atoms with Gasteiger partial charge in [-0.05, 0) is 43.3 Å². The molecule has 0 fully saturated rings. The first kappa shape index (κ1) is 15.5. The van der Waals surface area contributed by atoms with E-state index >= 15 is 0 Å². The van der Waals surface area contributed by atoms with Gasteiger partial charge < -0.3 is 10.5 Å². The summed E-state index contributed by atoms with van der Waals surface area (Å²) in [6, 6.07) is 10.7. The van der Waals surface area contributed by atoms with Crippen LogP contribution in [0.25, 0.3) is 0 Å². The van der Waals surface area contributed by atoms with Crippen molar-refractivity contribution in [2.45, 2.75) is 11.8 Å². The lowest BCUT2D eigenvalue weighted by Crippen LogP contribution is -2.14. The van der Waals surface area contributed by atoms with Gasteiger partial charge >= 0.3 is 0 Å². The molecule has 0 spiro atoms. The third-order valence-electron chi connectivity index (χ3n) is 2.70. The molecule has 2 aromatic carbocycles. The highest BCUT2D eigenvalue weighted by Crippen LogP contribution is 2.27. The van der Waals surface area contributed by atoms with Gasteiger partial charge in [-0.25, -0.2) is 8.42 Å². The van der Waals surface area contributed by atoms with E-state index in [1.165, 1.54) is 24.3 Å². The van der Waals surface area contributed by atoms with E-state index in [1.54, 1.807) is 18.2 Å². The fourth-order valence-corrected chi connectivity index (χ4v) is 2.92. The maximum absolute atomic E-state index is 12.2. The molecule has 3 N–H and O–H groups in total. The van der Waals surface area contributed by atoms with E-state index in [0.29, 0.717) is 28.8 Å². The van der Waals surface area contributed by atoms with E-state index in [1.807, 2.05) is 6.92 Å². The summed E-state index contributed by atoms with van der Waals surface area (Å²) in [7, 11) is -3.71. The molecular weight excluding hydrogens is 312 g/mol. The van der Waals surface area contributed by atoms with Crippen LogP contribution < -0.4 is 15.2 Å². The van der Waals surface area contributed by atoms with Crippen LogP contribution in [0.2, 0.25) is 5.02 Å². The van der Waals surface area contributed by atoms with E-state index in [2.05, 4.69) is 4.72 Å². The van der Waals surface area contributed by atoms with Gasteiger partial charge in [0.25, 0.3) is 10.0 Å². The summed E-state index contributed by atoms with van der Waals surface area (Å²) in [5, 5.41) is 0.467. The first-order valence-corrected chi connectivity index (χ1v) is 8.09. The Bertz CT molecular complexity index is 730. The summed E-state index contributed by atoms with van der Waals surface area (Å²) in [5.41, 5.74) is 6.42. The zero-order valence-corrected chi connectivity index (χ0v) is 12.9. The number of sulfonamides is 1. The van der Waals surface area contributed by atoms with Crippen LogP contribution in [0.1, 0.15) is 6.92 Å². The summed E-state index contributed by atoms with van der Waals surface area (Å²) in [6.07, 6.45) is 0. The van der Waals surface area contributed by atoms with Gasteiger partial charge in [0.2, 0.25) is 0 Å². The molecule has 0 bridgehead atoms. The number of nitrogens with two attached hydrogens (primary N) is 1. The topological polar surface area (TPSA) is 81.4 Å². The van der Waals surface area contributed by atoms with Gasteiger partial charge in [-0.15, -0.1) is 0 Å². The molecular formula is C14H15ClN2O3S. The van der Waals surface area contributed by atoms with Crippen molar-refractivity contribution in [3.8, 4) is 5.75 Å². The third kappa shape index (κ3) is 3.80. The quantitative estimate of drug-likeness (QED) is 0.827. The Morgan fingerprint density at radius 1 is 1.19 bits per heavy atom. The molecule has 0 aliphatic carbocycles. The van der Waals surface area contributed by atoms with Crippen molar-refractivity contribution >= 4 is 33.0 Å². The van der Waals surface area contributed by atoms with Crippen molar-refractivity contribution in [3.05, 3.63) is 47.5 Å². The largest absolute Gasteiger partial charge is 0.494 e. The molecule has 0 saturated carbocycles. The SMILES string of the molecule is CCOc1ccc(NS(=O)(=O)c2ccc(Cl)cc2)c(N)c1. The molecule has 7 heteroatoms. The Morgan fingerprint density at radius 3 is 2.43 bits per heavy atom. The zero-order valence-electron chi connectivity index (χ0n) is 11.3. The lowest BCUT2D eigenvalue weighted by Gasteiger charge is -2.12. The van der Waals surface area contributed by atoms with Crippen molar-refractivity contribution in [3.63, 3.8) is 0 Å². The van der Waals surface area contributed by atoms with Crippen LogP contribution in [-0.4, -0.2) is 15.0 Å². The predicted octanol–water partition coefficient (Wildman–Crippen LogP) is 3.12. The maximum atomic E-state index is 12.2. The molecule has 0 unspecified atom stereocenters. The first-order valence-electron chi connectivity index (χ1n) is 6.23. The number of nitrogen functional groups attached to an aromatic ring is 1. The number of hydrogen-bond donors (Lipinski definition) is 2. The normalized spacial score (nSPS) is 11.1. The fraction of sp³-hybridized carbons (Fsp3) is 0.143. The molecule has 112 valence electrons. The Hall–Kier alpha value is -1.92. The van der Waals surface area contributed by atoms with Gasteiger partial charge in [-0.1, -0.05) is 11.6 Å². The number of hydrogen-bond acceptors (Lipinski definition) is 4. The molecule has 0 aliphatic rings. The number of ether oxygens (including phenoxy) is 1. The van der Waals surface area contributed by atoms with Gasteiger partial charge in [-0.2, -0.15) is 0 Å². The smallest absolute Gasteiger partial charge is 0.261 e. The molecule has 2 rings (SSSR count). The number of halogens is 1. The van der Waals surface area contributed by atoms with E-state index in [-0.39, 0.29) is 4.90 Å². The highest BCUT2D eigenvalue weighted by Gasteiger charge is 2.15. The second kappa shape index (κ2) is 6.24. The van der Waals surface area contributed by atoms with E-state index < -0.39 is 10.0 Å². The standard InChI is InChI=1S/C14H15ClN2O3S/c1-2-20-11-5-8-14(13(16)9-11)17-21(18,19)12-6-3-10(15)4-7-12/h3-9,17H,2,16H2,1H3. The van der Waals surface area contributed by atoms with Crippen LogP contribution >= 0.6 is 11.6 Å². The lowest BCUT2D eigenvalue weighted by molar-refractivity contribution is 0.340. The van der Waals surface area contributed by atoms with E-state index in [4.69, 9.17) is 22.1 Å². The Kier molecular flexibility index (Phi) is 4.59. The first-order chi connectivity index (χ1) is 9.92. The zero-order chi connectivity index (χ0) is 15.5. The van der Waals surface area contributed by atoms with E-state index in [9.17, 15) is 8.42 Å². The van der Waals surface area contributed by atoms with Gasteiger partial charge in [0.15, 0.2) is 0 Å². The summed E-state index contributed by atoms with van der Waals surface area (Å²) in [6.45, 7) is 2.36. The molecule has 0 radical (unpaired) electrons. The molecule has 0 saturated heterocycles. The van der Waals surface area contributed by atoms with Crippen LogP contribution in [0.15, 0.2) is 47.4 Å². The summed E-state index contributed by atoms with van der Waals surface area (Å²) < 4.78 is 32.2. The third-order valence-corrected chi connectivity index (χ3v) is 4.34. The van der Waals surface area contributed by atoms with Gasteiger partial charge in [0.1, 0.15) is 5.75 Å². The summed E-state index contributed by atoms with van der Waals surface area (Å²) in [4.78, 5) is 0.111. The highest BCUT2D eigenvalue weighted by atomic mass is 35.5. The number of anilines is 2. The molecule has 0 heterocycles. The monoisotopic (exact) mass is 326 g/mol. The van der Waals surface area contributed by atoms with Crippen LogP contribution in [-0.2, 0) is 10.0 Å². The van der Waals surface area contributed by atoms with Crippen LogP contribution in [0.5, 0.6) is 5.75 Å². The van der Waals surface area contributed by atoms with Gasteiger partial charge in [0, 0.05) is 11.1 Å². The fourth-order valence-electron chi connectivity index (χ4n) is 1.71. The predicted molar refractivity (Wildman–Crippen MR) is 84.3 cm³/mol. The highest BCUT2D eigenvalue weighted by molar-refractivity contribution is 7.92. The Labute approximate surface area is 128 Å². The summed E-state index contributed by atoms with van der Waals surface area (Å²) in [5.74, 6) is 0.587. The maximum Gasteiger partial charge on any atom is 0.261 e. The molecule has 0 aliphatic heterocycles. The summed E-state index contributed by atoms with van der Waals surface area (Å²) >= 11 is 5.75. The van der Waals surface area contributed by atoms with Crippen molar-refractivity contribution in [2.75, 3.05) is 17.1 Å². The van der Waals surface area contributed by atoms with Crippen molar-refractivity contribution < 1.29 is 13.2 Å². The number of nitrogens with one attached hydrogen (secondary N) is 1. The number of benzene rings is 2. The Morgan fingerprint density at radius 2 is 1.86 bits per heavy atom. The van der Waals surface area contributed by atoms with Crippen molar-refractivity contribution in [1.82, 2.24) is 0 Å². The average Bonchev–Trinajstić information content (AvgIpc) is 2.42. The molecule has 2 aromatic rings. The van der Waals surface area contributed by atoms with Crippen LogP contribution in [0.3, 0.4) is 0 Å². The van der Waals surface area contributed by atoms with Crippen LogP contribution in [0, 0.1) is 0 Å².